The molecular weight excluding hydrogens is 558 g/mol. The highest BCUT2D eigenvalue weighted by Crippen LogP contribution is 2.54. The summed E-state index contributed by atoms with van der Waals surface area (Å²) in [5.41, 5.74) is 0.781. The van der Waals surface area contributed by atoms with Gasteiger partial charge < -0.3 is 10.5 Å². The summed E-state index contributed by atoms with van der Waals surface area (Å²) in [4.78, 5) is 16.4. The number of hydrogen-bond donors (Lipinski definition) is 2. The number of rotatable bonds is 4. The maximum atomic E-state index is 15.8. The van der Waals surface area contributed by atoms with E-state index in [9.17, 15) is 32.0 Å². The fourth-order valence-electron chi connectivity index (χ4n) is 5.15. The van der Waals surface area contributed by atoms with Crippen LogP contribution in [0.2, 0.25) is 0 Å². The van der Waals surface area contributed by atoms with Crippen molar-refractivity contribution in [3.05, 3.63) is 51.5 Å². The number of aromatic amines is 1. The van der Waals surface area contributed by atoms with Crippen LogP contribution in [-0.2, 0) is 13.6 Å². The summed E-state index contributed by atoms with van der Waals surface area (Å²) < 4.78 is 92.9. The summed E-state index contributed by atoms with van der Waals surface area (Å²) >= 11 is 0. The predicted octanol–water partition coefficient (Wildman–Crippen LogP) is 4.04. The van der Waals surface area contributed by atoms with E-state index in [0.717, 1.165) is 4.68 Å². The lowest BCUT2D eigenvalue weighted by Crippen LogP contribution is -2.49. The summed E-state index contributed by atoms with van der Waals surface area (Å²) in [5.74, 6) is -1.65. The van der Waals surface area contributed by atoms with Crippen molar-refractivity contribution in [3.8, 4) is 34.3 Å². The maximum absolute atomic E-state index is 15.8. The van der Waals surface area contributed by atoms with Gasteiger partial charge in [0, 0.05) is 30.6 Å². The number of pyridine rings is 1. The number of alkyl halides is 5. The van der Waals surface area contributed by atoms with Crippen molar-refractivity contribution in [2.45, 2.75) is 37.7 Å². The van der Waals surface area contributed by atoms with Gasteiger partial charge in [0.15, 0.2) is 5.75 Å². The molecule has 10 nitrogen and oxygen atoms in total. The Kier molecular flexibility index (Phi) is 5.79. The lowest BCUT2D eigenvalue weighted by molar-refractivity contribution is -0.135. The summed E-state index contributed by atoms with van der Waals surface area (Å²) in [6, 6.07) is 3.65. The van der Waals surface area contributed by atoms with Gasteiger partial charge in [0.2, 0.25) is 0 Å². The van der Waals surface area contributed by atoms with Crippen molar-refractivity contribution in [1.82, 2.24) is 25.0 Å². The Morgan fingerprint density at radius 1 is 1.29 bits per heavy atom. The number of nitriles is 1. The van der Waals surface area contributed by atoms with Gasteiger partial charge in [-0.15, -0.1) is 0 Å². The Labute approximate surface area is 225 Å². The summed E-state index contributed by atoms with van der Waals surface area (Å²) in [7, 11) is 1.37. The summed E-state index contributed by atoms with van der Waals surface area (Å²) in [6.45, 7) is -0.787. The normalized spacial score (nSPS) is 15.8. The number of anilines is 1. The van der Waals surface area contributed by atoms with Crippen molar-refractivity contribution in [2.24, 2.45) is 12.8 Å². The van der Waals surface area contributed by atoms with E-state index in [-0.39, 0.29) is 39.5 Å². The summed E-state index contributed by atoms with van der Waals surface area (Å²) in [6.07, 6.45) is -6.30. The molecule has 16 heteroatoms. The molecule has 0 bridgehead atoms. The SMILES string of the molecule is Cn1ncc(-c2cc3c(CN)n[nH]c(=O)c3c(C(F)F)n2)c1-c1c(F)cc2c(c1C#N)OC1(CC1)CN2C(F)(F)F. The average Bonchev–Trinajstić information content (AvgIpc) is 3.56. The minimum Gasteiger partial charge on any atom is -0.482 e. The Morgan fingerprint density at radius 2 is 2.02 bits per heavy atom. The van der Waals surface area contributed by atoms with Gasteiger partial charge in [-0.1, -0.05) is 0 Å². The number of nitrogens with zero attached hydrogens (tertiary/aromatic N) is 6. The second-order valence-corrected chi connectivity index (χ2v) is 9.76. The van der Waals surface area contributed by atoms with Crippen molar-refractivity contribution in [3.63, 3.8) is 0 Å². The van der Waals surface area contributed by atoms with Gasteiger partial charge in [0.25, 0.3) is 12.0 Å². The van der Waals surface area contributed by atoms with Gasteiger partial charge in [-0.25, -0.2) is 23.3 Å². The lowest BCUT2D eigenvalue weighted by atomic mass is 9.96. The number of aryl methyl sites for hydroxylation is 1. The third-order valence-corrected chi connectivity index (χ3v) is 7.22. The smallest absolute Gasteiger partial charge is 0.482 e. The molecule has 3 N–H and O–H groups in total. The number of aromatic nitrogens is 5. The molecule has 0 unspecified atom stereocenters. The molecule has 4 heterocycles. The molecular formula is C25H18F6N8O2. The van der Waals surface area contributed by atoms with Gasteiger partial charge in [0.05, 0.1) is 46.5 Å². The minimum atomic E-state index is -4.88. The van der Waals surface area contributed by atoms with Crippen LogP contribution < -0.4 is 20.9 Å². The average molecular weight is 576 g/mol. The second-order valence-electron chi connectivity index (χ2n) is 9.76. The van der Waals surface area contributed by atoms with E-state index in [2.05, 4.69) is 20.3 Å². The van der Waals surface area contributed by atoms with Gasteiger partial charge in [-0.3, -0.25) is 14.4 Å². The zero-order chi connectivity index (χ0) is 29.4. The molecule has 4 aromatic rings. The largest absolute Gasteiger partial charge is 0.485 e. The van der Waals surface area contributed by atoms with Crippen molar-refractivity contribution < 1.29 is 31.1 Å². The number of fused-ring (bicyclic) bond motifs is 2. The van der Waals surface area contributed by atoms with E-state index in [1.807, 2.05) is 0 Å². The van der Waals surface area contributed by atoms with Crippen LogP contribution in [0.5, 0.6) is 5.75 Å². The molecule has 1 aliphatic carbocycles. The first-order valence-electron chi connectivity index (χ1n) is 12.1. The maximum Gasteiger partial charge on any atom is 0.485 e. The van der Waals surface area contributed by atoms with E-state index < -0.39 is 69.9 Å². The molecule has 212 valence electrons. The quantitative estimate of drug-likeness (QED) is 0.274. The van der Waals surface area contributed by atoms with Crippen LogP contribution in [0.15, 0.2) is 23.1 Å². The number of hydrogen-bond acceptors (Lipinski definition) is 8. The fraction of sp³-hybridized carbons (Fsp3) is 0.320. The zero-order valence-electron chi connectivity index (χ0n) is 21.0. The van der Waals surface area contributed by atoms with Gasteiger partial charge in [-0.2, -0.15) is 28.6 Å². The molecule has 6 rings (SSSR count). The molecule has 0 saturated heterocycles. The number of nitrogens with one attached hydrogen (secondary N) is 1. The molecule has 0 amide bonds. The monoisotopic (exact) mass is 576 g/mol. The highest BCUT2D eigenvalue weighted by Gasteiger charge is 2.56. The Balaban J connectivity index is 1.63. The highest BCUT2D eigenvalue weighted by atomic mass is 19.4. The highest BCUT2D eigenvalue weighted by molar-refractivity contribution is 5.92. The van der Waals surface area contributed by atoms with E-state index in [1.165, 1.54) is 19.3 Å². The molecule has 3 aromatic heterocycles. The van der Waals surface area contributed by atoms with E-state index in [0.29, 0.717) is 18.9 Å². The molecule has 0 radical (unpaired) electrons. The first-order valence-corrected chi connectivity index (χ1v) is 12.1. The molecule has 2 aliphatic rings. The van der Waals surface area contributed by atoms with E-state index in [1.54, 1.807) is 6.07 Å². The first kappa shape index (κ1) is 26.6. The number of benzene rings is 1. The Morgan fingerprint density at radius 3 is 2.63 bits per heavy atom. The van der Waals surface area contributed by atoms with E-state index in [4.69, 9.17) is 10.5 Å². The van der Waals surface area contributed by atoms with Crippen LogP contribution in [-0.4, -0.2) is 43.4 Å². The molecule has 1 spiro atoms. The van der Waals surface area contributed by atoms with Crippen molar-refractivity contribution >= 4 is 16.5 Å². The van der Waals surface area contributed by atoms with Crippen LogP contribution in [0, 0.1) is 17.1 Å². The lowest BCUT2D eigenvalue weighted by Gasteiger charge is -2.38. The Hall–Kier alpha value is -4.65. The van der Waals surface area contributed by atoms with Crippen LogP contribution in [0.4, 0.5) is 32.0 Å². The van der Waals surface area contributed by atoms with Gasteiger partial charge in [0.1, 0.15) is 28.7 Å². The van der Waals surface area contributed by atoms with Crippen LogP contribution >= 0.6 is 0 Å². The zero-order valence-corrected chi connectivity index (χ0v) is 21.0. The van der Waals surface area contributed by atoms with E-state index >= 15 is 4.39 Å². The van der Waals surface area contributed by atoms with Crippen molar-refractivity contribution in [2.75, 3.05) is 11.4 Å². The number of ether oxygens (including phenoxy) is 1. The minimum absolute atomic E-state index is 0.0300. The molecule has 1 fully saturated rings. The topological polar surface area (TPSA) is 139 Å². The molecule has 0 atom stereocenters. The second kappa shape index (κ2) is 8.93. The van der Waals surface area contributed by atoms with Gasteiger partial charge >= 0.3 is 6.30 Å². The van der Waals surface area contributed by atoms with Crippen LogP contribution in [0.1, 0.15) is 36.2 Å². The standard InChI is InChI=1S/C25H18F6N8O2/c1-38-20(12(8-34-38)14-4-10-15(7-33)36-37-23(40)18(10)19(35-14)22(27)28)17-11(6-32)21-16(5-13(17)26)39(25(29,30)31)9-24(41-21)2-3-24/h4-5,8,22H,2-3,7,9,33H2,1H3,(H,37,40). The van der Waals surface area contributed by atoms with Crippen LogP contribution in [0.3, 0.4) is 0 Å². The number of halogens is 6. The molecule has 1 aliphatic heterocycles. The third-order valence-electron chi connectivity index (χ3n) is 7.22. The van der Waals surface area contributed by atoms with Crippen LogP contribution in [0.25, 0.3) is 33.3 Å². The molecule has 41 heavy (non-hydrogen) atoms. The van der Waals surface area contributed by atoms with Crippen molar-refractivity contribution in [1.29, 1.82) is 5.26 Å². The number of H-pyrrole nitrogens is 1. The van der Waals surface area contributed by atoms with Gasteiger partial charge in [-0.05, 0) is 18.9 Å². The number of nitrogens with two attached hydrogens (primary N) is 1. The first-order chi connectivity index (χ1) is 19.4. The molecule has 1 aromatic carbocycles. The summed E-state index contributed by atoms with van der Waals surface area (Å²) in [5, 5.41) is 19.6. The fourth-order valence-corrected chi connectivity index (χ4v) is 5.15. The third kappa shape index (κ3) is 4.06. The Bertz CT molecular complexity index is 1840. The predicted molar refractivity (Wildman–Crippen MR) is 131 cm³/mol. The molecule has 1 saturated carbocycles.